The minimum absolute atomic E-state index is 0.428. The zero-order valence-electron chi connectivity index (χ0n) is 9.09. The molecule has 0 radical (unpaired) electrons. The highest BCUT2D eigenvalue weighted by molar-refractivity contribution is 14.1. The average Bonchev–Trinajstić information content (AvgIpc) is 2.46. The number of aromatic nitrogens is 1. The molecule has 0 fully saturated rings. The van der Waals surface area contributed by atoms with Gasteiger partial charge >= 0.3 is 0 Å². The normalized spacial score (nSPS) is 14.0. The van der Waals surface area contributed by atoms with Crippen molar-refractivity contribution in [2.24, 2.45) is 4.99 Å². The summed E-state index contributed by atoms with van der Waals surface area (Å²) in [5.41, 5.74) is 0. The monoisotopic (exact) mass is 380 g/mol. The van der Waals surface area contributed by atoms with Crippen molar-refractivity contribution in [1.29, 1.82) is 0 Å². The Morgan fingerprint density at radius 2 is 2.27 bits per heavy atom. The van der Waals surface area contributed by atoms with Crippen LogP contribution in [0.2, 0.25) is 0 Å². The van der Waals surface area contributed by atoms with Crippen molar-refractivity contribution >= 4 is 55.8 Å². The van der Waals surface area contributed by atoms with Crippen LogP contribution in [0.25, 0.3) is 12.7 Å². The Morgan fingerprint density at radius 3 is 2.73 bits per heavy atom. The van der Waals surface area contributed by atoms with Crippen molar-refractivity contribution in [2.75, 3.05) is 7.05 Å². The Morgan fingerprint density at radius 1 is 1.67 bits per heavy atom. The van der Waals surface area contributed by atoms with Crippen molar-refractivity contribution < 1.29 is 0 Å². The van der Waals surface area contributed by atoms with Gasteiger partial charge in [0.05, 0.1) is 5.35 Å². The second-order valence-electron chi connectivity index (χ2n) is 3.53. The second-order valence-corrected chi connectivity index (χ2v) is 5.51. The third-order valence-electron chi connectivity index (χ3n) is 2.15. The molecule has 2 nitrogen and oxygen atoms in total. The van der Waals surface area contributed by atoms with Crippen molar-refractivity contribution in [3.8, 4) is 0 Å². The Labute approximate surface area is 112 Å². The lowest BCUT2D eigenvalue weighted by Gasteiger charge is -2.07. The molecular weight excluding hydrogens is 367 g/mol. The number of halogens is 2. The van der Waals surface area contributed by atoms with Crippen LogP contribution in [0, 0.1) is 3.57 Å². The van der Waals surface area contributed by atoms with Crippen LogP contribution in [-0.2, 0) is 0 Å². The van der Waals surface area contributed by atoms with Gasteiger partial charge in [-0.05, 0) is 58.4 Å². The van der Waals surface area contributed by atoms with Crippen LogP contribution < -0.4 is 10.6 Å². The first-order chi connectivity index (χ1) is 6.97. The number of rotatable bonds is 2. The van der Waals surface area contributed by atoms with Gasteiger partial charge in [0.2, 0.25) is 0 Å². The van der Waals surface area contributed by atoms with Crippen LogP contribution in [0.4, 0.5) is 0 Å². The maximum Gasteiger partial charge on any atom is 0.102 e. The predicted molar refractivity (Wildman–Crippen MR) is 79.1 cm³/mol. The molecule has 0 N–H and O–H groups in total. The molecule has 0 atom stereocenters. The van der Waals surface area contributed by atoms with Crippen LogP contribution in [0.1, 0.15) is 19.9 Å². The second kappa shape index (κ2) is 5.30. The zero-order valence-corrected chi connectivity index (χ0v) is 12.8. The van der Waals surface area contributed by atoms with Crippen LogP contribution in [0.15, 0.2) is 11.2 Å². The van der Waals surface area contributed by atoms with Crippen molar-refractivity contribution in [1.82, 2.24) is 4.57 Å². The quantitative estimate of drug-likeness (QED) is 0.553. The molecule has 0 saturated heterocycles. The van der Waals surface area contributed by atoms with E-state index in [1.54, 1.807) is 7.05 Å². The minimum atomic E-state index is 0.428. The predicted octanol–water partition coefficient (Wildman–Crippen LogP) is 2.29. The topological polar surface area (TPSA) is 17.3 Å². The largest absolute Gasteiger partial charge is 0.344 e. The molecule has 15 heavy (non-hydrogen) atoms. The van der Waals surface area contributed by atoms with E-state index in [1.807, 2.05) is 6.08 Å². The first kappa shape index (κ1) is 13.0. The lowest BCUT2D eigenvalue weighted by Crippen LogP contribution is -2.30. The fourth-order valence-electron chi connectivity index (χ4n) is 1.31. The van der Waals surface area contributed by atoms with Crippen molar-refractivity contribution in [3.63, 3.8) is 0 Å². The molecule has 1 rings (SSSR count). The summed E-state index contributed by atoms with van der Waals surface area (Å²) in [5.74, 6) is 0. The van der Waals surface area contributed by atoms with E-state index in [9.17, 15) is 0 Å². The van der Waals surface area contributed by atoms with E-state index in [2.05, 4.69) is 74.7 Å². The summed E-state index contributed by atoms with van der Waals surface area (Å²) >= 11 is 5.70. The van der Waals surface area contributed by atoms with Crippen LogP contribution in [0.5, 0.6) is 0 Å². The van der Waals surface area contributed by atoms with Gasteiger partial charge in [-0.2, -0.15) is 0 Å². The summed E-state index contributed by atoms with van der Waals surface area (Å²) in [7, 11) is 1.76. The van der Waals surface area contributed by atoms with Crippen LogP contribution in [0.3, 0.4) is 0 Å². The van der Waals surface area contributed by atoms with Gasteiger partial charge in [0.25, 0.3) is 0 Å². The summed E-state index contributed by atoms with van der Waals surface area (Å²) in [4.78, 5) is 4.07. The van der Waals surface area contributed by atoms with Gasteiger partial charge in [-0.25, -0.2) is 0 Å². The molecule has 82 valence electrons. The van der Waals surface area contributed by atoms with E-state index < -0.39 is 0 Å². The number of aliphatic imine (C=N–C) groups is 1. The van der Waals surface area contributed by atoms with E-state index in [-0.39, 0.29) is 0 Å². The Hall–Kier alpha value is -0.100. The van der Waals surface area contributed by atoms with E-state index in [0.717, 1.165) is 15.2 Å². The molecule has 0 unspecified atom stereocenters. The standard InChI is InChI=1S/C11H14BrIN2/c1-7(2)15-6-9(13)8(3)10(15)5-11(12)14-4/h5-7H,3H2,1-2,4H3/b10-5+,14-11?. The van der Waals surface area contributed by atoms with Gasteiger partial charge in [-0.1, -0.05) is 6.58 Å². The zero-order chi connectivity index (χ0) is 11.6. The summed E-state index contributed by atoms with van der Waals surface area (Å²) in [5, 5.41) is 2.18. The van der Waals surface area contributed by atoms with E-state index in [4.69, 9.17) is 0 Å². The lowest BCUT2D eigenvalue weighted by atomic mass is 10.3. The van der Waals surface area contributed by atoms with E-state index in [0.29, 0.717) is 6.04 Å². The van der Waals surface area contributed by atoms with Gasteiger partial charge in [0.1, 0.15) is 4.62 Å². The molecule has 0 aliphatic carbocycles. The Kier molecular flexibility index (Phi) is 4.58. The Bertz CT molecular complexity index is 485. The molecule has 4 heteroatoms. The number of nitrogens with zero attached hydrogens (tertiary/aromatic N) is 2. The summed E-state index contributed by atoms with van der Waals surface area (Å²) in [6.45, 7) is 8.39. The van der Waals surface area contributed by atoms with E-state index in [1.165, 1.54) is 3.57 Å². The molecule has 0 amide bonds. The van der Waals surface area contributed by atoms with E-state index >= 15 is 0 Å². The number of hydrogen-bond acceptors (Lipinski definition) is 1. The van der Waals surface area contributed by atoms with Crippen LogP contribution in [-0.4, -0.2) is 16.2 Å². The molecule has 0 spiro atoms. The first-order valence-corrected chi connectivity index (χ1v) is 6.53. The van der Waals surface area contributed by atoms with Crippen molar-refractivity contribution in [3.05, 3.63) is 20.3 Å². The van der Waals surface area contributed by atoms with Gasteiger partial charge in [0, 0.05) is 28.1 Å². The maximum atomic E-state index is 4.08. The molecule has 0 bridgehead atoms. The van der Waals surface area contributed by atoms with Gasteiger partial charge < -0.3 is 4.57 Å². The number of hydrogen-bond donors (Lipinski definition) is 0. The molecule has 1 aromatic rings. The highest BCUT2D eigenvalue weighted by Crippen LogP contribution is 2.03. The molecule has 1 aromatic heterocycles. The highest BCUT2D eigenvalue weighted by Gasteiger charge is 2.04. The fraction of sp³-hybridized carbons (Fsp3) is 0.364. The summed E-state index contributed by atoms with van der Waals surface area (Å²) in [6.07, 6.45) is 4.12. The molecular formula is C11H14BrIN2. The molecule has 0 aliphatic heterocycles. The fourth-order valence-corrected chi connectivity index (χ4v) is 2.11. The molecule has 1 heterocycles. The average molecular weight is 381 g/mol. The van der Waals surface area contributed by atoms with Crippen LogP contribution >= 0.6 is 38.5 Å². The highest BCUT2D eigenvalue weighted by atomic mass is 127. The van der Waals surface area contributed by atoms with Gasteiger partial charge in [-0.15, -0.1) is 0 Å². The van der Waals surface area contributed by atoms with Crippen molar-refractivity contribution in [2.45, 2.75) is 19.9 Å². The van der Waals surface area contributed by atoms with Gasteiger partial charge in [0.15, 0.2) is 0 Å². The SMILES string of the molecule is C=c1c(I)cn(C(C)C)/c1=C/C(Br)=NC. The Balaban J connectivity index is 3.52. The third-order valence-corrected chi connectivity index (χ3v) is 3.67. The van der Waals surface area contributed by atoms with Gasteiger partial charge in [-0.3, -0.25) is 4.99 Å². The minimum Gasteiger partial charge on any atom is -0.344 e. The molecule has 0 aromatic carbocycles. The third kappa shape index (κ3) is 2.93. The molecule has 0 aliphatic rings. The first-order valence-electron chi connectivity index (χ1n) is 4.66. The lowest BCUT2D eigenvalue weighted by molar-refractivity contribution is 0.588. The summed E-state index contributed by atoms with van der Waals surface area (Å²) in [6, 6.07) is 0.428. The maximum absolute atomic E-state index is 4.08. The smallest absolute Gasteiger partial charge is 0.102 e. The molecule has 0 saturated carbocycles. The summed E-state index contributed by atoms with van der Waals surface area (Å²) < 4.78 is 4.23.